The number of ether oxygens (including phenoxy) is 1. The van der Waals surface area contributed by atoms with Crippen molar-refractivity contribution in [1.29, 1.82) is 0 Å². The first-order valence-electron chi connectivity index (χ1n) is 10.5. The lowest BCUT2D eigenvalue weighted by molar-refractivity contribution is -0.132. The Balaban J connectivity index is 1.32. The zero-order valence-electron chi connectivity index (χ0n) is 16.4. The molecule has 2 saturated heterocycles. The number of rotatable bonds is 6. The lowest BCUT2D eigenvalue weighted by Crippen LogP contribution is -2.38. The van der Waals surface area contributed by atoms with E-state index in [2.05, 4.69) is 11.0 Å². The minimum absolute atomic E-state index is 0.00718. The molecule has 5 heteroatoms. The Morgan fingerprint density at radius 1 is 1.00 bits per heavy atom. The van der Waals surface area contributed by atoms with Crippen molar-refractivity contribution in [3.05, 3.63) is 42.5 Å². The number of likely N-dealkylation sites (tertiary alicyclic amines) is 2. The molecule has 28 heavy (non-hydrogen) atoms. The van der Waals surface area contributed by atoms with Gasteiger partial charge in [-0.2, -0.15) is 0 Å². The summed E-state index contributed by atoms with van der Waals surface area (Å²) in [6.45, 7) is 4.83. The molecule has 1 N–H and O–H groups in total. The van der Waals surface area contributed by atoms with Crippen LogP contribution in [0.5, 0.6) is 5.75 Å². The third-order valence-electron chi connectivity index (χ3n) is 6.19. The van der Waals surface area contributed by atoms with Gasteiger partial charge >= 0.3 is 0 Å². The fourth-order valence-electron chi connectivity index (χ4n) is 4.52. The molecular weight excluding hydrogens is 352 g/mol. The molecule has 150 valence electrons. The van der Waals surface area contributed by atoms with E-state index in [1.54, 1.807) is 0 Å². The van der Waals surface area contributed by atoms with E-state index in [9.17, 15) is 9.90 Å². The fraction of sp³-hybridized carbons (Fsp3) is 0.522. The molecule has 2 fully saturated rings. The molecule has 2 aromatic carbocycles. The van der Waals surface area contributed by atoms with Gasteiger partial charge in [0.1, 0.15) is 5.75 Å². The second-order valence-electron chi connectivity index (χ2n) is 8.16. The van der Waals surface area contributed by atoms with Gasteiger partial charge in [0.25, 0.3) is 5.91 Å². The molecule has 2 aliphatic rings. The number of hydrogen-bond acceptors (Lipinski definition) is 4. The summed E-state index contributed by atoms with van der Waals surface area (Å²) in [4.78, 5) is 17.1. The van der Waals surface area contributed by atoms with E-state index in [1.807, 2.05) is 41.3 Å². The van der Waals surface area contributed by atoms with Gasteiger partial charge in [-0.25, -0.2) is 0 Å². The van der Waals surface area contributed by atoms with Crippen molar-refractivity contribution in [1.82, 2.24) is 9.80 Å². The number of benzene rings is 2. The van der Waals surface area contributed by atoms with E-state index in [0.717, 1.165) is 42.7 Å². The molecule has 1 amide bonds. The van der Waals surface area contributed by atoms with Crippen LogP contribution >= 0.6 is 0 Å². The predicted molar refractivity (Wildman–Crippen MR) is 110 cm³/mol. The normalized spacial score (nSPS) is 23.2. The van der Waals surface area contributed by atoms with E-state index >= 15 is 0 Å². The monoisotopic (exact) mass is 382 g/mol. The van der Waals surface area contributed by atoms with Crippen LogP contribution in [-0.4, -0.2) is 66.8 Å². The number of fused-ring (bicyclic) bond motifs is 1. The van der Waals surface area contributed by atoms with Crippen molar-refractivity contribution < 1.29 is 14.6 Å². The van der Waals surface area contributed by atoms with E-state index in [-0.39, 0.29) is 25.0 Å². The largest absolute Gasteiger partial charge is 0.484 e. The molecule has 2 aliphatic heterocycles. The summed E-state index contributed by atoms with van der Waals surface area (Å²) in [5.41, 5.74) is 0. The summed E-state index contributed by atoms with van der Waals surface area (Å²) < 4.78 is 5.78. The summed E-state index contributed by atoms with van der Waals surface area (Å²) in [5, 5.41) is 12.1. The number of piperidine rings is 1. The molecule has 2 heterocycles. The van der Waals surface area contributed by atoms with E-state index in [4.69, 9.17) is 4.74 Å². The number of hydrogen-bond donors (Lipinski definition) is 1. The van der Waals surface area contributed by atoms with Crippen molar-refractivity contribution in [2.45, 2.75) is 19.3 Å². The highest BCUT2D eigenvalue weighted by molar-refractivity contribution is 5.84. The van der Waals surface area contributed by atoms with Gasteiger partial charge in [0.15, 0.2) is 6.61 Å². The number of aliphatic hydroxyl groups is 1. The summed E-state index contributed by atoms with van der Waals surface area (Å²) in [6, 6.07) is 14.0. The number of amides is 1. The highest BCUT2D eigenvalue weighted by atomic mass is 16.5. The lowest BCUT2D eigenvalue weighted by atomic mass is 9.95. The van der Waals surface area contributed by atoms with E-state index in [1.165, 1.54) is 19.3 Å². The molecular formula is C23H30N2O3. The Labute approximate surface area is 166 Å². The van der Waals surface area contributed by atoms with Crippen LogP contribution in [0.4, 0.5) is 0 Å². The minimum Gasteiger partial charge on any atom is -0.484 e. The van der Waals surface area contributed by atoms with Crippen molar-refractivity contribution in [3.8, 4) is 5.75 Å². The van der Waals surface area contributed by atoms with Crippen LogP contribution in [0.25, 0.3) is 10.8 Å². The van der Waals surface area contributed by atoms with Gasteiger partial charge in [-0.3, -0.25) is 4.79 Å². The topological polar surface area (TPSA) is 53.0 Å². The Hall–Kier alpha value is -2.11. The minimum atomic E-state index is 0.00718. The van der Waals surface area contributed by atoms with Gasteiger partial charge < -0.3 is 19.6 Å². The molecule has 0 unspecified atom stereocenters. The summed E-state index contributed by atoms with van der Waals surface area (Å²) >= 11 is 0. The second-order valence-corrected chi connectivity index (χ2v) is 8.16. The van der Waals surface area contributed by atoms with Gasteiger partial charge in [0.05, 0.1) is 0 Å². The first-order valence-corrected chi connectivity index (χ1v) is 10.5. The third-order valence-corrected chi connectivity index (χ3v) is 6.19. The van der Waals surface area contributed by atoms with Crippen molar-refractivity contribution in [2.24, 2.45) is 11.8 Å². The first kappa shape index (κ1) is 19.2. The lowest BCUT2D eigenvalue weighted by Gasteiger charge is -2.30. The molecule has 0 bridgehead atoms. The number of carbonyl (C=O) groups excluding carboxylic acids is 1. The quantitative estimate of drug-likeness (QED) is 0.835. The highest BCUT2D eigenvalue weighted by Gasteiger charge is 2.35. The maximum Gasteiger partial charge on any atom is 0.260 e. The van der Waals surface area contributed by atoms with E-state index < -0.39 is 0 Å². The Morgan fingerprint density at radius 3 is 2.54 bits per heavy atom. The van der Waals surface area contributed by atoms with Gasteiger partial charge in [0, 0.05) is 32.2 Å². The Morgan fingerprint density at radius 2 is 1.75 bits per heavy atom. The molecule has 0 aliphatic carbocycles. The summed E-state index contributed by atoms with van der Waals surface area (Å²) in [6.07, 6.45) is 3.85. The smallest absolute Gasteiger partial charge is 0.260 e. The average molecular weight is 383 g/mol. The zero-order valence-corrected chi connectivity index (χ0v) is 16.4. The molecule has 0 spiro atoms. The molecule has 2 atom stereocenters. The number of aliphatic hydroxyl groups excluding tert-OH is 1. The maximum atomic E-state index is 12.7. The first-order chi connectivity index (χ1) is 13.7. The summed E-state index contributed by atoms with van der Waals surface area (Å²) in [5.74, 6) is 1.25. The van der Waals surface area contributed by atoms with Crippen LogP contribution in [0.15, 0.2) is 42.5 Å². The molecule has 4 rings (SSSR count). The van der Waals surface area contributed by atoms with Gasteiger partial charge in [-0.05, 0) is 54.8 Å². The third kappa shape index (κ3) is 4.47. The molecule has 0 saturated carbocycles. The molecule has 2 aromatic rings. The van der Waals surface area contributed by atoms with Crippen LogP contribution in [0, 0.1) is 11.8 Å². The van der Waals surface area contributed by atoms with E-state index in [0.29, 0.717) is 12.5 Å². The van der Waals surface area contributed by atoms with Crippen molar-refractivity contribution >= 4 is 16.7 Å². The van der Waals surface area contributed by atoms with Crippen molar-refractivity contribution in [2.75, 3.05) is 45.9 Å². The van der Waals surface area contributed by atoms with Gasteiger partial charge in [-0.1, -0.05) is 36.8 Å². The highest BCUT2D eigenvalue weighted by Crippen LogP contribution is 2.26. The number of carbonyl (C=O) groups is 1. The molecule has 0 radical (unpaired) electrons. The van der Waals surface area contributed by atoms with Crippen LogP contribution < -0.4 is 4.74 Å². The average Bonchev–Trinajstić information content (AvgIpc) is 3.15. The second kappa shape index (κ2) is 8.93. The predicted octanol–water partition coefficient (Wildman–Crippen LogP) is 2.77. The van der Waals surface area contributed by atoms with Crippen LogP contribution in [-0.2, 0) is 4.79 Å². The van der Waals surface area contributed by atoms with Crippen molar-refractivity contribution in [3.63, 3.8) is 0 Å². The van der Waals surface area contributed by atoms with Crippen LogP contribution in [0.1, 0.15) is 19.3 Å². The molecule has 5 nitrogen and oxygen atoms in total. The zero-order chi connectivity index (χ0) is 19.3. The fourth-order valence-corrected chi connectivity index (χ4v) is 4.52. The number of nitrogens with zero attached hydrogens (tertiary/aromatic N) is 2. The van der Waals surface area contributed by atoms with Crippen LogP contribution in [0.3, 0.4) is 0 Å². The van der Waals surface area contributed by atoms with Gasteiger partial charge in [0.2, 0.25) is 0 Å². The Kier molecular flexibility index (Phi) is 6.13. The Bertz CT molecular complexity index is 803. The standard InChI is InChI=1S/C23H30N2O3/c26-16-21-15-25(14-20(21)13-24-10-4-1-5-11-24)23(27)17-28-22-9-8-18-6-2-3-7-19(18)12-22/h2-3,6-9,12,20-21,26H,1,4-5,10-11,13-17H2/t20-,21-/m0/s1. The summed E-state index contributed by atoms with van der Waals surface area (Å²) in [7, 11) is 0. The van der Waals surface area contributed by atoms with Crippen LogP contribution in [0.2, 0.25) is 0 Å². The SMILES string of the molecule is O=C(COc1ccc2ccccc2c1)N1C[C@@H](CO)[C@@H](CN2CCCCC2)C1. The molecule has 0 aromatic heterocycles. The maximum absolute atomic E-state index is 12.7. The van der Waals surface area contributed by atoms with Gasteiger partial charge in [-0.15, -0.1) is 0 Å².